The number of carbonyl (C=O) groups is 1. The molecule has 1 aliphatic carbocycles. The van der Waals surface area contributed by atoms with Gasteiger partial charge in [-0.1, -0.05) is 19.3 Å². The number of nitrogens with two attached hydrogens (primary N) is 1. The van der Waals surface area contributed by atoms with Crippen molar-refractivity contribution in [2.24, 2.45) is 10.7 Å². The Morgan fingerprint density at radius 1 is 1.00 bits per heavy atom. The molecule has 2 aliphatic heterocycles. The molecule has 3 aliphatic rings. The summed E-state index contributed by atoms with van der Waals surface area (Å²) in [4.78, 5) is 23.5. The maximum atomic E-state index is 12.2. The quantitative estimate of drug-likeness (QED) is 0.566. The zero-order chi connectivity index (χ0) is 20.9. The van der Waals surface area contributed by atoms with Crippen LogP contribution in [0, 0.1) is 0 Å². The van der Waals surface area contributed by atoms with Gasteiger partial charge in [0.05, 0.1) is 19.8 Å². The largest absolute Gasteiger partial charge is 0.444 e. The molecule has 0 spiro atoms. The molecule has 2 saturated heterocycles. The first-order chi connectivity index (χ1) is 13.8. The highest BCUT2D eigenvalue weighted by atomic mass is 16.6. The molecule has 8 nitrogen and oxygen atoms in total. The fourth-order valence-corrected chi connectivity index (χ4v) is 4.59. The Balaban J connectivity index is 1.55. The van der Waals surface area contributed by atoms with E-state index in [0.29, 0.717) is 32.1 Å². The van der Waals surface area contributed by atoms with E-state index >= 15 is 0 Å². The van der Waals surface area contributed by atoms with Gasteiger partial charge in [0.2, 0.25) is 0 Å². The van der Waals surface area contributed by atoms with Crippen molar-refractivity contribution < 1.29 is 14.3 Å². The van der Waals surface area contributed by atoms with Gasteiger partial charge in [0.25, 0.3) is 0 Å². The van der Waals surface area contributed by atoms with E-state index in [9.17, 15) is 4.79 Å². The number of morpholine rings is 1. The lowest BCUT2D eigenvalue weighted by molar-refractivity contribution is -0.0334. The minimum Gasteiger partial charge on any atom is -0.444 e. The van der Waals surface area contributed by atoms with Crippen LogP contribution in [0.5, 0.6) is 0 Å². The van der Waals surface area contributed by atoms with Gasteiger partial charge >= 0.3 is 6.09 Å². The van der Waals surface area contributed by atoms with Crippen molar-refractivity contribution in [2.45, 2.75) is 64.0 Å². The number of nitrogens with zero attached hydrogens (tertiary/aromatic N) is 4. The molecule has 8 heteroatoms. The number of hydrogen-bond acceptors (Lipinski definition) is 5. The Morgan fingerprint density at radius 3 is 2.17 bits per heavy atom. The van der Waals surface area contributed by atoms with Crippen LogP contribution in [0.3, 0.4) is 0 Å². The number of ether oxygens (including phenoxy) is 2. The molecule has 0 bridgehead atoms. The Bertz CT molecular complexity index is 569. The van der Waals surface area contributed by atoms with Crippen LogP contribution < -0.4 is 5.73 Å². The molecule has 2 N–H and O–H groups in total. The van der Waals surface area contributed by atoms with E-state index < -0.39 is 5.60 Å². The molecule has 3 fully saturated rings. The predicted molar refractivity (Wildman–Crippen MR) is 114 cm³/mol. The van der Waals surface area contributed by atoms with Gasteiger partial charge in [-0.3, -0.25) is 9.89 Å². The lowest BCUT2D eigenvalue weighted by atomic mass is 9.80. The van der Waals surface area contributed by atoms with Gasteiger partial charge in [0, 0.05) is 44.8 Å². The third kappa shape index (κ3) is 5.98. The standard InChI is InChI=1S/C21H39N5O3/c1-20(2,3)29-19(27)25-11-9-24(10-12-25)18(22)23-17-21(7-5-4-6-8-21)26-13-15-28-16-14-26/h4-17H2,1-3H3,(H2,22,23). The molecule has 0 atom stereocenters. The molecule has 3 rings (SSSR count). The van der Waals surface area contributed by atoms with Crippen LogP contribution in [0.4, 0.5) is 4.79 Å². The highest BCUT2D eigenvalue weighted by molar-refractivity contribution is 5.78. The molecule has 1 amide bonds. The van der Waals surface area contributed by atoms with E-state index in [1.165, 1.54) is 32.1 Å². The number of amides is 1. The van der Waals surface area contributed by atoms with Crippen LogP contribution in [0.15, 0.2) is 4.99 Å². The van der Waals surface area contributed by atoms with E-state index in [2.05, 4.69) is 9.80 Å². The second-order valence-corrected chi connectivity index (χ2v) is 9.51. The number of aliphatic imine (C=N–C) groups is 1. The van der Waals surface area contributed by atoms with E-state index in [1.807, 2.05) is 20.8 Å². The first-order valence-electron chi connectivity index (χ1n) is 11.1. The van der Waals surface area contributed by atoms with Gasteiger partial charge in [-0.05, 0) is 33.6 Å². The fraction of sp³-hybridized carbons (Fsp3) is 0.905. The minimum absolute atomic E-state index is 0.130. The van der Waals surface area contributed by atoms with Gasteiger partial charge in [-0.2, -0.15) is 0 Å². The number of guanidine groups is 1. The predicted octanol–water partition coefficient (Wildman–Crippen LogP) is 1.89. The summed E-state index contributed by atoms with van der Waals surface area (Å²) in [5.41, 5.74) is 6.04. The zero-order valence-corrected chi connectivity index (χ0v) is 18.5. The van der Waals surface area contributed by atoms with E-state index in [0.717, 1.165) is 32.8 Å². The molecule has 29 heavy (non-hydrogen) atoms. The van der Waals surface area contributed by atoms with Crippen molar-refractivity contribution in [3.8, 4) is 0 Å². The second kappa shape index (κ2) is 9.51. The van der Waals surface area contributed by atoms with Crippen molar-refractivity contribution >= 4 is 12.1 Å². The van der Waals surface area contributed by atoms with E-state index in [-0.39, 0.29) is 11.6 Å². The molecular formula is C21H39N5O3. The summed E-state index contributed by atoms with van der Waals surface area (Å²) >= 11 is 0. The Kier molecular flexibility index (Phi) is 7.27. The zero-order valence-electron chi connectivity index (χ0n) is 18.5. The monoisotopic (exact) mass is 409 g/mol. The summed E-state index contributed by atoms with van der Waals surface area (Å²) in [5.74, 6) is 0.604. The van der Waals surface area contributed by atoms with Crippen LogP contribution in [0.25, 0.3) is 0 Å². The number of carbonyl (C=O) groups excluding carboxylic acids is 1. The summed E-state index contributed by atoms with van der Waals surface area (Å²) < 4.78 is 11.0. The van der Waals surface area contributed by atoms with Gasteiger partial charge in [0.1, 0.15) is 5.60 Å². The summed E-state index contributed by atoms with van der Waals surface area (Å²) in [7, 11) is 0. The summed E-state index contributed by atoms with van der Waals surface area (Å²) in [6.45, 7) is 12.6. The molecule has 1 saturated carbocycles. The first kappa shape index (κ1) is 22.2. The second-order valence-electron chi connectivity index (χ2n) is 9.51. The van der Waals surface area contributed by atoms with Gasteiger partial charge < -0.3 is 25.0 Å². The van der Waals surface area contributed by atoms with Crippen molar-refractivity contribution in [1.29, 1.82) is 0 Å². The first-order valence-corrected chi connectivity index (χ1v) is 11.1. The summed E-state index contributed by atoms with van der Waals surface area (Å²) in [5, 5.41) is 0. The smallest absolute Gasteiger partial charge is 0.410 e. The number of hydrogen-bond donors (Lipinski definition) is 1. The molecule has 0 radical (unpaired) electrons. The van der Waals surface area contributed by atoms with Crippen molar-refractivity contribution in [1.82, 2.24) is 14.7 Å². The van der Waals surface area contributed by atoms with Crippen molar-refractivity contribution in [2.75, 3.05) is 59.0 Å². The maximum Gasteiger partial charge on any atom is 0.410 e. The molecule has 0 aromatic carbocycles. The van der Waals surface area contributed by atoms with Crippen LogP contribution in [0.2, 0.25) is 0 Å². The summed E-state index contributed by atoms with van der Waals surface area (Å²) in [6, 6.07) is 0. The van der Waals surface area contributed by atoms with Crippen LogP contribution in [-0.2, 0) is 9.47 Å². The molecular weight excluding hydrogens is 370 g/mol. The van der Waals surface area contributed by atoms with Gasteiger partial charge in [-0.25, -0.2) is 4.79 Å². The molecule has 2 heterocycles. The van der Waals surface area contributed by atoms with Crippen LogP contribution in [-0.4, -0.2) is 96.9 Å². The Morgan fingerprint density at radius 2 is 1.59 bits per heavy atom. The van der Waals surface area contributed by atoms with Gasteiger partial charge in [-0.15, -0.1) is 0 Å². The van der Waals surface area contributed by atoms with E-state index in [1.54, 1.807) is 4.90 Å². The SMILES string of the molecule is CC(C)(C)OC(=O)N1CCN(C(N)=NCC2(N3CCOCC3)CCCCC2)CC1. The topological polar surface area (TPSA) is 83.6 Å². The molecule has 0 aromatic heterocycles. The lowest BCUT2D eigenvalue weighted by Crippen LogP contribution is -2.57. The van der Waals surface area contributed by atoms with Gasteiger partial charge in [0.15, 0.2) is 5.96 Å². The highest BCUT2D eigenvalue weighted by Crippen LogP contribution is 2.34. The normalized spacial score (nSPS) is 24.4. The maximum absolute atomic E-state index is 12.2. The molecule has 0 aromatic rings. The van der Waals surface area contributed by atoms with Crippen molar-refractivity contribution in [3.63, 3.8) is 0 Å². The average Bonchev–Trinajstić information content (AvgIpc) is 2.72. The lowest BCUT2D eigenvalue weighted by Gasteiger charge is -2.47. The van der Waals surface area contributed by atoms with Crippen molar-refractivity contribution in [3.05, 3.63) is 0 Å². The van der Waals surface area contributed by atoms with E-state index in [4.69, 9.17) is 20.2 Å². The third-order valence-electron chi connectivity index (χ3n) is 6.26. The number of rotatable bonds is 3. The summed E-state index contributed by atoms with van der Waals surface area (Å²) in [6.07, 6.45) is 5.98. The molecule has 0 unspecified atom stereocenters. The van der Waals surface area contributed by atoms with Crippen LogP contribution in [0.1, 0.15) is 52.9 Å². The average molecular weight is 410 g/mol. The number of piperazine rings is 1. The highest BCUT2D eigenvalue weighted by Gasteiger charge is 2.38. The fourth-order valence-electron chi connectivity index (χ4n) is 4.59. The van der Waals surface area contributed by atoms with Crippen LogP contribution >= 0.6 is 0 Å². The molecule has 166 valence electrons. The third-order valence-corrected chi connectivity index (χ3v) is 6.26. The Labute approximate surface area is 175 Å². The minimum atomic E-state index is -0.470. The Hall–Kier alpha value is -1.54.